The van der Waals surface area contributed by atoms with Crippen LogP contribution in [0.25, 0.3) is 0 Å². The van der Waals surface area contributed by atoms with Crippen LogP contribution in [-0.2, 0) is 4.74 Å². The maximum Gasteiger partial charge on any atom is 0.0594 e. The molecule has 0 aromatic rings. The molecule has 0 aromatic heterocycles. The van der Waals surface area contributed by atoms with Crippen molar-refractivity contribution >= 4 is 0 Å². The summed E-state index contributed by atoms with van der Waals surface area (Å²) in [6.45, 7) is 14.0. The highest BCUT2D eigenvalue weighted by Crippen LogP contribution is 2.02. The fraction of sp³-hybridized carbons (Fsp3) is 1.00. The monoisotopic (exact) mass is 248 g/mol. The number of unbranched alkanes of at least 4 members (excludes halogenated alkanes) is 4. The molecule has 0 radical (unpaired) electrons. The summed E-state index contributed by atoms with van der Waals surface area (Å²) in [6, 6.07) is 0. The standard InChI is InChI=1S/C7H16.C5H12O.C3H8O/c1-3-5-7-6-4-2;1-5(2,3)6-4;1-3(2)4/h3-7H2,1-2H3;1-4H3;3-4H,1-2H3. The van der Waals surface area contributed by atoms with E-state index in [0.717, 1.165) is 0 Å². The molecular formula is C15H36O2. The molecule has 0 atom stereocenters. The van der Waals surface area contributed by atoms with Gasteiger partial charge in [0.1, 0.15) is 0 Å². The van der Waals surface area contributed by atoms with E-state index in [1.54, 1.807) is 21.0 Å². The van der Waals surface area contributed by atoms with Crippen LogP contribution >= 0.6 is 0 Å². The molecular weight excluding hydrogens is 212 g/mol. The minimum atomic E-state index is -0.167. The van der Waals surface area contributed by atoms with Crippen molar-refractivity contribution in [3.63, 3.8) is 0 Å². The predicted octanol–water partition coefficient (Wildman–Crippen LogP) is 4.80. The van der Waals surface area contributed by atoms with Gasteiger partial charge in [0.15, 0.2) is 0 Å². The van der Waals surface area contributed by atoms with Gasteiger partial charge in [0.05, 0.1) is 5.60 Å². The lowest BCUT2D eigenvalue weighted by Gasteiger charge is -2.14. The molecule has 0 saturated heterocycles. The molecule has 108 valence electrons. The van der Waals surface area contributed by atoms with Crippen LogP contribution in [0.1, 0.15) is 80.6 Å². The molecule has 17 heavy (non-hydrogen) atoms. The van der Waals surface area contributed by atoms with Crippen LogP contribution < -0.4 is 0 Å². The third kappa shape index (κ3) is 64.4. The first kappa shape index (κ1) is 22.1. The highest BCUT2D eigenvalue weighted by atomic mass is 16.5. The van der Waals surface area contributed by atoms with E-state index in [0.29, 0.717) is 0 Å². The van der Waals surface area contributed by atoms with E-state index in [-0.39, 0.29) is 11.7 Å². The maximum atomic E-state index is 8.06. The summed E-state index contributed by atoms with van der Waals surface area (Å²) in [5.74, 6) is 0. The summed E-state index contributed by atoms with van der Waals surface area (Å²) in [5.41, 5.74) is 0.0417. The quantitative estimate of drug-likeness (QED) is 0.724. The van der Waals surface area contributed by atoms with E-state index >= 15 is 0 Å². The number of hydrogen-bond acceptors (Lipinski definition) is 2. The summed E-state index contributed by atoms with van der Waals surface area (Å²) < 4.78 is 4.94. The second-order valence-electron chi connectivity index (χ2n) is 5.47. The fourth-order valence-electron chi connectivity index (χ4n) is 0.677. The highest BCUT2D eigenvalue weighted by molar-refractivity contribution is 4.55. The largest absolute Gasteiger partial charge is 0.394 e. The number of aliphatic hydroxyl groups is 1. The van der Waals surface area contributed by atoms with Gasteiger partial charge in [0.25, 0.3) is 0 Å². The van der Waals surface area contributed by atoms with Crippen molar-refractivity contribution in [2.45, 2.75) is 92.3 Å². The van der Waals surface area contributed by atoms with Crippen LogP contribution in [0.5, 0.6) is 0 Å². The van der Waals surface area contributed by atoms with E-state index in [2.05, 4.69) is 13.8 Å². The smallest absolute Gasteiger partial charge is 0.0594 e. The lowest BCUT2D eigenvalue weighted by atomic mass is 10.2. The topological polar surface area (TPSA) is 29.5 Å². The molecule has 0 aromatic carbocycles. The SMILES string of the molecule is CC(C)O.CCCCCCC.COC(C)(C)C. The van der Waals surface area contributed by atoms with Crippen molar-refractivity contribution in [2.24, 2.45) is 0 Å². The fourth-order valence-corrected chi connectivity index (χ4v) is 0.677. The van der Waals surface area contributed by atoms with Gasteiger partial charge < -0.3 is 9.84 Å². The van der Waals surface area contributed by atoms with Gasteiger partial charge in [-0.2, -0.15) is 0 Å². The highest BCUT2D eigenvalue weighted by Gasteiger charge is 2.03. The van der Waals surface area contributed by atoms with Gasteiger partial charge >= 0.3 is 0 Å². The summed E-state index contributed by atoms with van der Waals surface area (Å²) >= 11 is 0. The molecule has 2 nitrogen and oxygen atoms in total. The summed E-state index contributed by atoms with van der Waals surface area (Å²) in [6.07, 6.45) is 6.84. The number of aliphatic hydroxyl groups excluding tert-OH is 1. The molecule has 0 aliphatic heterocycles. The Labute approximate surface area is 110 Å². The Balaban J connectivity index is -0.000000180. The van der Waals surface area contributed by atoms with Crippen LogP contribution in [0.4, 0.5) is 0 Å². The molecule has 0 aliphatic carbocycles. The normalized spacial score (nSPS) is 10.2. The summed E-state index contributed by atoms with van der Waals surface area (Å²) in [4.78, 5) is 0. The van der Waals surface area contributed by atoms with E-state index < -0.39 is 0 Å². The van der Waals surface area contributed by atoms with Crippen molar-refractivity contribution in [1.82, 2.24) is 0 Å². The third-order valence-corrected chi connectivity index (χ3v) is 1.82. The molecule has 1 N–H and O–H groups in total. The maximum absolute atomic E-state index is 8.06. The Bertz CT molecular complexity index is 108. The Hall–Kier alpha value is -0.0800. The van der Waals surface area contributed by atoms with Crippen molar-refractivity contribution in [1.29, 1.82) is 0 Å². The third-order valence-electron chi connectivity index (χ3n) is 1.82. The van der Waals surface area contributed by atoms with Crippen molar-refractivity contribution < 1.29 is 9.84 Å². The zero-order valence-electron chi connectivity index (χ0n) is 13.5. The van der Waals surface area contributed by atoms with Gasteiger partial charge in [-0.1, -0.05) is 46.0 Å². The minimum Gasteiger partial charge on any atom is -0.394 e. The van der Waals surface area contributed by atoms with Gasteiger partial charge in [-0.05, 0) is 34.6 Å². The van der Waals surface area contributed by atoms with Gasteiger partial charge in [-0.25, -0.2) is 0 Å². The van der Waals surface area contributed by atoms with Crippen LogP contribution in [0.15, 0.2) is 0 Å². The molecule has 2 heteroatoms. The number of hydrogen-bond donors (Lipinski definition) is 1. The number of methoxy groups -OCH3 is 1. The molecule has 0 fully saturated rings. The van der Waals surface area contributed by atoms with Gasteiger partial charge in [-0.15, -0.1) is 0 Å². The van der Waals surface area contributed by atoms with Gasteiger partial charge in [-0.3, -0.25) is 0 Å². The van der Waals surface area contributed by atoms with E-state index in [4.69, 9.17) is 9.84 Å². The molecule has 0 spiro atoms. The predicted molar refractivity (Wildman–Crippen MR) is 78.5 cm³/mol. The lowest BCUT2D eigenvalue weighted by molar-refractivity contribution is 0.0397. The molecule has 0 saturated carbocycles. The lowest BCUT2D eigenvalue weighted by Crippen LogP contribution is -2.15. The Morgan fingerprint density at radius 2 is 1.18 bits per heavy atom. The molecule has 0 rings (SSSR count). The molecule has 0 amide bonds. The molecule has 0 heterocycles. The second-order valence-corrected chi connectivity index (χ2v) is 5.47. The zero-order chi connectivity index (χ0) is 14.3. The average Bonchev–Trinajstić information content (AvgIpc) is 2.18. The zero-order valence-corrected chi connectivity index (χ0v) is 13.5. The van der Waals surface area contributed by atoms with E-state index in [1.165, 1.54) is 32.1 Å². The van der Waals surface area contributed by atoms with Crippen LogP contribution in [0, 0.1) is 0 Å². The Morgan fingerprint density at radius 3 is 1.29 bits per heavy atom. The van der Waals surface area contributed by atoms with Gasteiger partial charge in [0.2, 0.25) is 0 Å². The van der Waals surface area contributed by atoms with Gasteiger partial charge in [0, 0.05) is 13.2 Å². The van der Waals surface area contributed by atoms with Crippen LogP contribution in [0.2, 0.25) is 0 Å². The van der Waals surface area contributed by atoms with E-state index in [9.17, 15) is 0 Å². The number of rotatable bonds is 4. The minimum absolute atomic E-state index is 0.0417. The van der Waals surface area contributed by atoms with Crippen molar-refractivity contribution in [2.75, 3.05) is 7.11 Å². The average molecular weight is 248 g/mol. The summed E-state index contributed by atoms with van der Waals surface area (Å²) in [5, 5.41) is 8.06. The van der Waals surface area contributed by atoms with Crippen molar-refractivity contribution in [3.8, 4) is 0 Å². The Morgan fingerprint density at radius 1 is 0.941 bits per heavy atom. The van der Waals surface area contributed by atoms with Crippen LogP contribution in [-0.4, -0.2) is 23.9 Å². The van der Waals surface area contributed by atoms with E-state index in [1.807, 2.05) is 20.8 Å². The van der Waals surface area contributed by atoms with Crippen LogP contribution in [0.3, 0.4) is 0 Å². The number of ether oxygens (including phenoxy) is 1. The van der Waals surface area contributed by atoms with Crippen molar-refractivity contribution in [3.05, 3.63) is 0 Å². The first-order chi connectivity index (χ1) is 7.71. The first-order valence-corrected chi connectivity index (χ1v) is 6.94. The first-order valence-electron chi connectivity index (χ1n) is 6.94. The molecule has 0 aliphatic rings. The molecule has 0 unspecified atom stereocenters. The summed E-state index contributed by atoms with van der Waals surface area (Å²) in [7, 11) is 1.71. The Kier molecular flexibility index (Phi) is 20.7. The second kappa shape index (κ2) is 15.9. The molecule has 0 bridgehead atoms.